The molecule has 1 heterocycles. The van der Waals surface area contributed by atoms with Gasteiger partial charge in [-0.25, -0.2) is 0 Å². The molecule has 122 valence electrons. The maximum atomic E-state index is 12.3. The van der Waals surface area contributed by atoms with Crippen molar-refractivity contribution in [2.75, 3.05) is 19.6 Å². The largest absolute Gasteiger partial charge is 0.339 e. The average Bonchev–Trinajstić information content (AvgIpc) is 2.44. The summed E-state index contributed by atoms with van der Waals surface area (Å²) in [6.45, 7) is 11.4. The van der Waals surface area contributed by atoms with Crippen molar-refractivity contribution in [3.05, 3.63) is 11.6 Å². The van der Waals surface area contributed by atoms with Gasteiger partial charge in [0, 0.05) is 19.5 Å². The van der Waals surface area contributed by atoms with Crippen molar-refractivity contribution in [3.8, 4) is 0 Å². The van der Waals surface area contributed by atoms with E-state index in [0.29, 0.717) is 18.2 Å². The van der Waals surface area contributed by atoms with E-state index in [2.05, 4.69) is 33.8 Å². The van der Waals surface area contributed by atoms with Crippen molar-refractivity contribution in [2.45, 2.75) is 66.2 Å². The monoisotopic (exact) mass is 294 g/mol. The molecule has 0 aromatic carbocycles. The second kappa shape index (κ2) is 8.57. The number of nitrogens with two attached hydrogens (primary N) is 1. The molecule has 0 saturated carbocycles. The van der Waals surface area contributed by atoms with Crippen LogP contribution in [0.3, 0.4) is 0 Å². The summed E-state index contributed by atoms with van der Waals surface area (Å²) < 4.78 is 0. The minimum Gasteiger partial charge on any atom is -0.339 e. The van der Waals surface area contributed by atoms with Crippen molar-refractivity contribution < 1.29 is 4.79 Å². The van der Waals surface area contributed by atoms with Gasteiger partial charge < -0.3 is 10.6 Å². The lowest BCUT2D eigenvalue weighted by Gasteiger charge is -2.32. The quantitative estimate of drug-likeness (QED) is 0.727. The zero-order valence-electron chi connectivity index (χ0n) is 14.5. The van der Waals surface area contributed by atoms with E-state index in [4.69, 9.17) is 5.73 Å². The summed E-state index contributed by atoms with van der Waals surface area (Å²) in [6, 6.07) is 0. The highest BCUT2D eigenvalue weighted by molar-refractivity contribution is 5.76. The number of amides is 1. The third-order valence-corrected chi connectivity index (χ3v) is 4.56. The lowest BCUT2D eigenvalue weighted by atomic mass is 9.83. The summed E-state index contributed by atoms with van der Waals surface area (Å²) in [6.07, 6.45) is 8.38. The molecule has 0 bridgehead atoms. The first-order valence-electron chi connectivity index (χ1n) is 8.55. The van der Waals surface area contributed by atoms with Crippen molar-refractivity contribution in [3.63, 3.8) is 0 Å². The van der Waals surface area contributed by atoms with Crippen molar-refractivity contribution in [2.24, 2.45) is 17.1 Å². The Bertz CT molecular complexity index is 349. The predicted molar refractivity (Wildman–Crippen MR) is 90.0 cm³/mol. The van der Waals surface area contributed by atoms with Crippen molar-refractivity contribution in [1.82, 2.24) is 4.90 Å². The molecule has 1 atom stereocenters. The van der Waals surface area contributed by atoms with Crippen LogP contribution in [0.15, 0.2) is 11.6 Å². The summed E-state index contributed by atoms with van der Waals surface area (Å²) in [7, 11) is 0. The summed E-state index contributed by atoms with van der Waals surface area (Å²) >= 11 is 0. The van der Waals surface area contributed by atoms with Gasteiger partial charge in [-0.15, -0.1) is 0 Å². The van der Waals surface area contributed by atoms with Crippen LogP contribution < -0.4 is 5.73 Å². The van der Waals surface area contributed by atoms with Crippen LogP contribution in [0, 0.1) is 11.3 Å². The molecule has 2 N–H and O–H groups in total. The molecule has 0 fully saturated rings. The van der Waals surface area contributed by atoms with Gasteiger partial charge in [0.2, 0.25) is 5.91 Å². The fraction of sp³-hybridized carbons (Fsp3) is 0.833. The van der Waals surface area contributed by atoms with Crippen LogP contribution >= 0.6 is 0 Å². The molecule has 3 nitrogen and oxygen atoms in total. The zero-order valence-corrected chi connectivity index (χ0v) is 14.5. The lowest BCUT2D eigenvalue weighted by Crippen LogP contribution is -2.36. The number of carbonyl (C=O) groups is 1. The molecule has 3 heteroatoms. The van der Waals surface area contributed by atoms with E-state index in [1.165, 1.54) is 18.4 Å². The molecule has 21 heavy (non-hydrogen) atoms. The number of carbonyl (C=O) groups excluding carboxylic acids is 1. The van der Waals surface area contributed by atoms with Crippen LogP contribution in [-0.2, 0) is 4.79 Å². The van der Waals surface area contributed by atoms with E-state index in [0.717, 1.165) is 38.9 Å². The topological polar surface area (TPSA) is 46.3 Å². The SMILES string of the molecule is CCCC(CCN)CCC(=O)N1CC=C(C(C)(C)C)CC1. The van der Waals surface area contributed by atoms with Crippen molar-refractivity contribution >= 4 is 5.91 Å². The van der Waals surface area contributed by atoms with E-state index in [1.54, 1.807) is 0 Å². The Kier molecular flexibility index (Phi) is 7.44. The molecule has 1 rings (SSSR count). The van der Waals surface area contributed by atoms with Crippen LogP contribution in [-0.4, -0.2) is 30.4 Å². The molecule has 1 aliphatic rings. The van der Waals surface area contributed by atoms with Gasteiger partial charge in [0.1, 0.15) is 0 Å². The van der Waals surface area contributed by atoms with Gasteiger partial charge in [-0.3, -0.25) is 4.79 Å². The fourth-order valence-corrected chi connectivity index (χ4v) is 3.14. The maximum absolute atomic E-state index is 12.3. The smallest absolute Gasteiger partial charge is 0.222 e. The summed E-state index contributed by atoms with van der Waals surface area (Å²) in [5, 5.41) is 0. The standard InChI is InChI=1S/C18H34N2O/c1-5-6-15(9-12-19)7-8-17(21)20-13-10-16(11-14-20)18(2,3)4/h10,15H,5-9,11-14,19H2,1-4H3. The number of rotatable bonds is 7. The molecule has 0 spiro atoms. The predicted octanol–water partition coefficient (Wildman–Crippen LogP) is 3.74. The fourth-order valence-electron chi connectivity index (χ4n) is 3.14. The van der Waals surface area contributed by atoms with E-state index in [9.17, 15) is 4.79 Å². The van der Waals surface area contributed by atoms with Crippen LogP contribution in [0.5, 0.6) is 0 Å². The second-order valence-corrected chi connectivity index (χ2v) is 7.34. The van der Waals surface area contributed by atoms with Gasteiger partial charge in [-0.05, 0) is 37.1 Å². The zero-order chi connectivity index (χ0) is 15.9. The highest BCUT2D eigenvalue weighted by Crippen LogP contribution is 2.30. The Morgan fingerprint density at radius 1 is 1.33 bits per heavy atom. The van der Waals surface area contributed by atoms with Crippen molar-refractivity contribution in [1.29, 1.82) is 0 Å². The lowest BCUT2D eigenvalue weighted by molar-refractivity contribution is -0.131. The first-order valence-corrected chi connectivity index (χ1v) is 8.55. The molecule has 0 aliphatic carbocycles. The molecule has 0 saturated heterocycles. The molecule has 1 aliphatic heterocycles. The van der Waals surface area contributed by atoms with Gasteiger partial charge >= 0.3 is 0 Å². The first kappa shape index (κ1) is 18.2. The van der Waals surface area contributed by atoms with E-state index >= 15 is 0 Å². The summed E-state index contributed by atoms with van der Waals surface area (Å²) in [5.41, 5.74) is 7.39. The Labute approximate surface area is 131 Å². The first-order chi connectivity index (χ1) is 9.88. The summed E-state index contributed by atoms with van der Waals surface area (Å²) in [5.74, 6) is 0.937. The number of nitrogens with zero attached hydrogens (tertiary/aromatic N) is 1. The van der Waals surface area contributed by atoms with E-state index in [1.807, 2.05) is 4.90 Å². The Hall–Kier alpha value is -0.830. The van der Waals surface area contributed by atoms with Gasteiger partial charge in [0.05, 0.1) is 0 Å². The van der Waals surface area contributed by atoms with E-state index in [-0.39, 0.29) is 5.41 Å². The normalized spacial score (nSPS) is 17.6. The van der Waals surface area contributed by atoms with Gasteiger partial charge in [0.15, 0.2) is 0 Å². The highest BCUT2D eigenvalue weighted by Gasteiger charge is 2.23. The number of hydrogen-bond acceptors (Lipinski definition) is 2. The maximum Gasteiger partial charge on any atom is 0.222 e. The Morgan fingerprint density at radius 2 is 2.05 bits per heavy atom. The van der Waals surface area contributed by atoms with Gasteiger partial charge in [0.25, 0.3) is 0 Å². The molecular weight excluding hydrogens is 260 g/mol. The van der Waals surface area contributed by atoms with Crippen LogP contribution in [0.1, 0.15) is 66.2 Å². The molecule has 1 amide bonds. The minimum atomic E-state index is 0.239. The second-order valence-electron chi connectivity index (χ2n) is 7.34. The average molecular weight is 294 g/mol. The highest BCUT2D eigenvalue weighted by atomic mass is 16.2. The Morgan fingerprint density at radius 3 is 2.52 bits per heavy atom. The molecule has 0 aromatic rings. The van der Waals surface area contributed by atoms with E-state index < -0.39 is 0 Å². The summed E-state index contributed by atoms with van der Waals surface area (Å²) in [4.78, 5) is 14.3. The third kappa shape index (κ3) is 6.21. The molecule has 1 unspecified atom stereocenters. The minimum absolute atomic E-state index is 0.239. The number of hydrogen-bond donors (Lipinski definition) is 1. The van der Waals surface area contributed by atoms with Crippen LogP contribution in [0.4, 0.5) is 0 Å². The molecule has 0 radical (unpaired) electrons. The molecule has 0 aromatic heterocycles. The molecular formula is C18H34N2O. The Balaban J connectivity index is 2.42. The van der Waals surface area contributed by atoms with Crippen LogP contribution in [0.2, 0.25) is 0 Å². The van der Waals surface area contributed by atoms with Crippen LogP contribution in [0.25, 0.3) is 0 Å². The third-order valence-electron chi connectivity index (χ3n) is 4.56. The van der Waals surface area contributed by atoms with Gasteiger partial charge in [-0.1, -0.05) is 52.2 Å². The van der Waals surface area contributed by atoms with Gasteiger partial charge in [-0.2, -0.15) is 0 Å².